The van der Waals surface area contributed by atoms with E-state index >= 15 is 0 Å². The van der Waals surface area contributed by atoms with E-state index in [1.54, 1.807) is 24.3 Å². The number of carbonyl (C=O) groups excluding carboxylic acids is 2. The van der Waals surface area contributed by atoms with E-state index in [4.69, 9.17) is 12.2 Å². The Labute approximate surface area is 216 Å². The van der Waals surface area contributed by atoms with Crippen LogP contribution in [0.1, 0.15) is 29.0 Å². The van der Waals surface area contributed by atoms with Crippen LogP contribution in [0.15, 0.2) is 115 Å². The highest BCUT2D eigenvalue weighted by Gasteiger charge is 2.23. The van der Waals surface area contributed by atoms with E-state index in [0.717, 1.165) is 16.7 Å². The molecule has 5 nitrogen and oxygen atoms in total. The van der Waals surface area contributed by atoms with Crippen molar-refractivity contribution in [3.8, 4) is 0 Å². The van der Waals surface area contributed by atoms with Crippen molar-refractivity contribution >= 4 is 40.5 Å². The van der Waals surface area contributed by atoms with Crippen LogP contribution in [0.3, 0.4) is 0 Å². The minimum atomic E-state index is -0.486. The Morgan fingerprint density at radius 2 is 1.11 bits per heavy atom. The molecule has 6 heteroatoms. The number of carbonyl (C=O) groups is 2. The lowest BCUT2D eigenvalue weighted by Crippen LogP contribution is -2.37. The summed E-state index contributed by atoms with van der Waals surface area (Å²) in [7, 11) is 0. The maximum Gasteiger partial charge on any atom is 0.238 e. The summed E-state index contributed by atoms with van der Waals surface area (Å²) < 4.78 is 0. The van der Waals surface area contributed by atoms with Crippen molar-refractivity contribution in [2.45, 2.75) is 18.8 Å². The van der Waals surface area contributed by atoms with E-state index in [9.17, 15) is 9.59 Å². The van der Waals surface area contributed by atoms with Gasteiger partial charge in [-0.1, -0.05) is 91.0 Å². The van der Waals surface area contributed by atoms with Gasteiger partial charge in [0.2, 0.25) is 11.8 Å². The standard InChI is InChI=1S/C30H27N3O2S/c34-27(21-16-22-10-4-1-5-11-22)31-25-17-19-26(20-18-25)32-30(36)33-29(35)28(23-12-6-2-7-13-23)24-14-8-3-9-15-24/h1-15,17-20,28H,16,21H2,(H,31,34)(H2,32,33,35,36). The normalized spacial score (nSPS) is 10.5. The molecule has 4 rings (SSSR count). The van der Waals surface area contributed by atoms with Crippen molar-refractivity contribution in [2.24, 2.45) is 0 Å². The molecule has 2 amide bonds. The van der Waals surface area contributed by atoms with Crippen LogP contribution in [0.2, 0.25) is 0 Å². The average molecular weight is 494 g/mol. The van der Waals surface area contributed by atoms with Crippen molar-refractivity contribution in [3.63, 3.8) is 0 Å². The molecule has 0 fully saturated rings. The van der Waals surface area contributed by atoms with Crippen LogP contribution < -0.4 is 16.0 Å². The summed E-state index contributed by atoms with van der Waals surface area (Å²) in [6.45, 7) is 0. The Bertz CT molecular complexity index is 1260. The number of nitrogens with one attached hydrogen (secondary N) is 3. The predicted octanol–water partition coefficient (Wildman–Crippen LogP) is 5.90. The molecule has 4 aromatic carbocycles. The van der Waals surface area contributed by atoms with E-state index in [-0.39, 0.29) is 16.9 Å². The number of thiocarbonyl (C=S) groups is 1. The highest BCUT2D eigenvalue weighted by molar-refractivity contribution is 7.80. The lowest BCUT2D eigenvalue weighted by Gasteiger charge is -2.18. The van der Waals surface area contributed by atoms with Gasteiger partial charge in [0.05, 0.1) is 5.92 Å². The highest BCUT2D eigenvalue weighted by Crippen LogP contribution is 2.25. The van der Waals surface area contributed by atoms with Gasteiger partial charge in [0.25, 0.3) is 0 Å². The number of rotatable bonds is 8. The van der Waals surface area contributed by atoms with Gasteiger partial charge in [0.1, 0.15) is 0 Å². The van der Waals surface area contributed by atoms with Crippen molar-refractivity contribution in [1.29, 1.82) is 0 Å². The summed E-state index contributed by atoms with van der Waals surface area (Å²) in [6.07, 6.45) is 1.09. The molecular weight excluding hydrogens is 466 g/mol. The number of aryl methyl sites for hydroxylation is 1. The fraction of sp³-hybridized carbons (Fsp3) is 0.100. The first-order valence-electron chi connectivity index (χ1n) is 11.7. The number of amides is 2. The van der Waals surface area contributed by atoms with Gasteiger partial charge in [-0.15, -0.1) is 0 Å². The molecule has 0 atom stereocenters. The summed E-state index contributed by atoms with van der Waals surface area (Å²) in [6, 6.07) is 36.3. The number of benzene rings is 4. The molecule has 0 bridgehead atoms. The third kappa shape index (κ3) is 7.10. The summed E-state index contributed by atoms with van der Waals surface area (Å²) >= 11 is 5.40. The van der Waals surface area contributed by atoms with Gasteiger partial charge < -0.3 is 16.0 Å². The van der Waals surface area contributed by atoms with Crippen LogP contribution in [-0.2, 0) is 16.0 Å². The van der Waals surface area contributed by atoms with Crippen LogP contribution in [0, 0.1) is 0 Å². The second-order valence-electron chi connectivity index (χ2n) is 8.31. The molecule has 0 heterocycles. The molecular formula is C30H27N3O2S. The Morgan fingerprint density at radius 3 is 1.64 bits per heavy atom. The Kier molecular flexibility index (Phi) is 8.57. The largest absolute Gasteiger partial charge is 0.332 e. The van der Waals surface area contributed by atoms with E-state index < -0.39 is 5.92 Å². The summed E-state index contributed by atoms with van der Waals surface area (Å²) in [4.78, 5) is 25.5. The minimum Gasteiger partial charge on any atom is -0.332 e. The number of anilines is 2. The molecule has 0 radical (unpaired) electrons. The lowest BCUT2D eigenvalue weighted by molar-refractivity contribution is -0.120. The second kappa shape index (κ2) is 12.4. The fourth-order valence-electron chi connectivity index (χ4n) is 3.90. The van der Waals surface area contributed by atoms with Crippen molar-refractivity contribution in [3.05, 3.63) is 132 Å². The Hall–Kier alpha value is -4.29. The Morgan fingerprint density at radius 1 is 0.639 bits per heavy atom. The molecule has 36 heavy (non-hydrogen) atoms. The molecule has 0 aromatic heterocycles. The molecule has 3 N–H and O–H groups in total. The second-order valence-corrected chi connectivity index (χ2v) is 8.72. The number of hydrogen-bond donors (Lipinski definition) is 3. The fourth-order valence-corrected chi connectivity index (χ4v) is 4.11. The first-order chi connectivity index (χ1) is 17.6. The van der Waals surface area contributed by atoms with E-state index in [2.05, 4.69) is 16.0 Å². The van der Waals surface area contributed by atoms with Crippen molar-refractivity contribution in [1.82, 2.24) is 5.32 Å². The van der Waals surface area contributed by atoms with Crippen molar-refractivity contribution in [2.75, 3.05) is 10.6 Å². The predicted molar refractivity (Wildman–Crippen MR) is 149 cm³/mol. The molecule has 0 saturated heterocycles. The smallest absolute Gasteiger partial charge is 0.238 e. The summed E-state index contributed by atoms with van der Waals surface area (Å²) in [5, 5.41) is 8.97. The quantitative estimate of drug-likeness (QED) is 0.267. The minimum absolute atomic E-state index is 0.0461. The van der Waals surface area contributed by atoms with Gasteiger partial charge in [-0.3, -0.25) is 9.59 Å². The number of hydrogen-bond acceptors (Lipinski definition) is 3. The van der Waals surface area contributed by atoms with Crippen LogP contribution >= 0.6 is 12.2 Å². The molecule has 0 saturated carbocycles. The maximum atomic E-state index is 13.2. The molecule has 0 aliphatic rings. The van der Waals surface area contributed by atoms with Gasteiger partial charge in [-0.05, 0) is 59.6 Å². The van der Waals surface area contributed by atoms with Crippen LogP contribution in [0.5, 0.6) is 0 Å². The molecule has 0 unspecified atom stereocenters. The lowest BCUT2D eigenvalue weighted by atomic mass is 9.90. The van der Waals surface area contributed by atoms with Gasteiger partial charge in [0, 0.05) is 17.8 Å². The SMILES string of the molecule is O=C(CCc1ccccc1)Nc1ccc(NC(=S)NC(=O)C(c2ccccc2)c2ccccc2)cc1. The van der Waals surface area contributed by atoms with Crippen LogP contribution in [0.4, 0.5) is 11.4 Å². The summed E-state index contributed by atoms with van der Waals surface area (Å²) in [5.41, 5.74) is 4.30. The monoisotopic (exact) mass is 493 g/mol. The van der Waals surface area contributed by atoms with Gasteiger partial charge >= 0.3 is 0 Å². The van der Waals surface area contributed by atoms with E-state index in [1.165, 1.54) is 0 Å². The molecule has 0 aliphatic heterocycles. The Balaban J connectivity index is 1.32. The van der Waals surface area contributed by atoms with Crippen LogP contribution in [-0.4, -0.2) is 16.9 Å². The van der Waals surface area contributed by atoms with Gasteiger partial charge in [-0.2, -0.15) is 0 Å². The third-order valence-corrected chi connectivity index (χ3v) is 5.88. The molecule has 0 spiro atoms. The van der Waals surface area contributed by atoms with Crippen molar-refractivity contribution < 1.29 is 9.59 Å². The van der Waals surface area contributed by atoms with Gasteiger partial charge in [-0.25, -0.2) is 0 Å². The topological polar surface area (TPSA) is 70.2 Å². The summed E-state index contributed by atoms with van der Waals surface area (Å²) in [5.74, 6) is -0.747. The molecule has 0 aliphatic carbocycles. The zero-order valence-electron chi connectivity index (χ0n) is 19.7. The highest BCUT2D eigenvalue weighted by atomic mass is 32.1. The third-order valence-electron chi connectivity index (χ3n) is 5.67. The van der Waals surface area contributed by atoms with Gasteiger partial charge in [0.15, 0.2) is 5.11 Å². The maximum absolute atomic E-state index is 13.2. The first-order valence-corrected chi connectivity index (χ1v) is 12.1. The first kappa shape index (κ1) is 24.8. The average Bonchev–Trinajstić information content (AvgIpc) is 2.90. The van der Waals surface area contributed by atoms with E-state index in [1.807, 2.05) is 91.0 Å². The zero-order chi connectivity index (χ0) is 25.2. The zero-order valence-corrected chi connectivity index (χ0v) is 20.5. The molecule has 4 aromatic rings. The van der Waals surface area contributed by atoms with Crippen LogP contribution in [0.25, 0.3) is 0 Å². The van der Waals surface area contributed by atoms with E-state index in [0.29, 0.717) is 24.2 Å². The molecule has 180 valence electrons.